The normalized spacial score (nSPS) is 24.1. The summed E-state index contributed by atoms with van der Waals surface area (Å²) in [4.78, 5) is 47.2. The Morgan fingerprint density at radius 2 is 1.90 bits per heavy atom. The molecule has 2 heterocycles. The number of benzene rings is 1. The van der Waals surface area contributed by atoms with Crippen molar-refractivity contribution in [1.29, 1.82) is 0 Å². The zero-order valence-electron chi connectivity index (χ0n) is 16.7. The molecule has 3 fully saturated rings. The predicted molar refractivity (Wildman–Crippen MR) is 108 cm³/mol. The number of amides is 2. The van der Waals surface area contributed by atoms with Gasteiger partial charge in [0.15, 0.2) is 5.60 Å². The van der Waals surface area contributed by atoms with Gasteiger partial charge in [-0.15, -0.1) is 0 Å². The number of ether oxygens (including phenoxy) is 1. The molecule has 1 unspecified atom stereocenters. The van der Waals surface area contributed by atoms with Gasteiger partial charge in [0.2, 0.25) is 5.91 Å². The van der Waals surface area contributed by atoms with Crippen molar-refractivity contribution in [2.45, 2.75) is 50.7 Å². The van der Waals surface area contributed by atoms with Gasteiger partial charge in [0.1, 0.15) is 0 Å². The van der Waals surface area contributed by atoms with Crippen LogP contribution in [0.2, 0.25) is 5.02 Å². The molecule has 0 bridgehead atoms. The average Bonchev–Trinajstić information content (AvgIpc) is 3.41. The highest BCUT2D eigenvalue weighted by Gasteiger charge is 2.56. The van der Waals surface area contributed by atoms with E-state index in [-0.39, 0.29) is 36.7 Å². The molecule has 2 aliphatic heterocycles. The minimum absolute atomic E-state index is 0.00225. The Morgan fingerprint density at radius 1 is 1.30 bits per heavy atom. The maximum absolute atomic E-state index is 12.9. The Balaban J connectivity index is 0.000000806. The second-order valence-electron chi connectivity index (χ2n) is 8.30. The molecule has 1 aliphatic carbocycles. The van der Waals surface area contributed by atoms with Crippen LogP contribution >= 0.6 is 11.6 Å². The summed E-state index contributed by atoms with van der Waals surface area (Å²) in [6, 6.07) is 7.71. The van der Waals surface area contributed by atoms with E-state index in [9.17, 15) is 14.4 Å². The van der Waals surface area contributed by atoms with Gasteiger partial charge in [-0.25, -0.2) is 0 Å². The summed E-state index contributed by atoms with van der Waals surface area (Å²) in [5.41, 5.74) is -0.738. The fourth-order valence-corrected chi connectivity index (χ4v) is 4.03. The van der Waals surface area contributed by atoms with E-state index in [1.807, 2.05) is 24.3 Å². The standard InChI is InChI=1S/C20H23ClN2O4.CH2O2/c1-19(9-8-16(24)27-19)18(26)23-11-20(12-23,17(25)22-15-6-7-15)10-13-2-4-14(21)5-3-13;2-1-3/h2-5,15H,6-12H2,1H3,(H,22,25);1H,(H,2,3). The highest BCUT2D eigenvalue weighted by molar-refractivity contribution is 6.30. The molecule has 4 rings (SSSR count). The van der Waals surface area contributed by atoms with Crippen LogP contribution in [-0.4, -0.2) is 59.0 Å². The predicted octanol–water partition coefficient (Wildman–Crippen LogP) is 1.79. The van der Waals surface area contributed by atoms with E-state index in [0.717, 1.165) is 18.4 Å². The van der Waals surface area contributed by atoms with Gasteiger partial charge in [0, 0.05) is 37.0 Å². The summed E-state index contributed by atoms with van der Waals surface area (Å²) >= 11 is 5.96. The number of likely N-dealkylation sites (tertiary alicyclic amines) is 1. The van der Waals surface area contributed by atoms with Gasteiger partial charge in [-0.2, -0.15) is 0 Å². The molecule has 1 aromatic carbocycles. The molecule has 3 aliphatic rings. The summed E-state index contributed by atoms with van der Waals surface area (Å²) in [5, 5.41) is 10.6. The summed E-state index contributed by atoms with van der Waals surface area (Å²) in [5.74, 6) is -0.554. The Morgan fingerprint density at radius 3 is 2.40 bits per heavy atom. The summed E-state index contributed by atoms with van der Waals surface area (Å²) in [6.45, 7) is 2.07. The van der Waals surface area contributed by atoms with Gasteiger partial charge in [0.05, 0.1) is 5.41 Å². The SMILES string of the molecule is CC1(C(=O)N2CC(Cc3ccc(Cl)cc3)(C(=O)NC3CC3)C2)CCC(=O)O1.O=CO. The molecular formula is C21H25ClN2O6. The molecule has 2 saturated heterocycles. The highest BCUT2D eigenvalue weighted by atomic mass is 35.5. The number of rotatable bonds is 5. The quantitative estimate of drug-likeness (QED) is 0.537. The van der Waals surface area contributed by atoms with Crippen LogP contribution in [0.3, 0.4) is 0 Å². The fourth-order valence-electron chi connectivity index (χ4n) is 3.90. The van der Waals surface area contributed by atoms with E-state index in [1.54, 1.807) is 11.8 Å². The lowest BCUT2D eigenvalue weighted by molar-refractivity contribution is -0.173. The molecule has 1 atom stereocenters. The van der Waals surface area contributed by atoms with E-state index in [0.29, 0.717) is 31.0 Å². The molecule has 2 N–H and O–H groups in total. The molecule has 1 saturated carbocycles. The van der Waals surface area contributed by atoms with Crippen LogP contribution in [0, 0.1) is 5.41 Å². The van der Waals surface area contributed by atoms with Gasteiger partial charge in [-0.3, -0.25) is 19.2 Å². The van der Waals surface area contributed by atoms with Crippen molar-refractivity contribution in [1.82, 2.24) is 10.2 Å². The smallest absolute Gasteiger partial charge is 0.307 e. The molecule has 9 heteroatoms. The number of nitrogens with one attached hydrogen (secondary N) is 1. The van der Waals surface area contributed by atoms with Gasteiger partial charge < -0.3 is 20.1 Å². The van der Waals surface area contributed by atoms with Crippen LogP contribution < -0.4 is 5.32 Å². The first-order valence-corrected chi connectivity index (χ1v) is 10.2. The molecule has 2 amide bonds. The Hall–Kier alpha value is -2.61. The third-order valence-corrected chi connectivity index (χ3v) is 5.97. The molecule has 0 radical (unpaired) electrons. The van der Waals surface area contributed by atoms with Crippen molar-refractivity contribution in [3.8, 4) is 0 Å². The topological polar surface area (TPSA) is 113 Å². The maximum atomic E-state index is 12.9. The van der Waals surface area contributed by atoms with Crippen molar-refractivity contribution in [2.75, 3.05) is 13.1 Å². The first-order chi connectivity index (χ1) is 14.2. The van der Waals surface area contributed by atoms with Gasteiger partial charge in [-0.1, -0.05) is 23.7 Å². The molecule has 0 aromatic heterocycles. The van der Waals surface area contributed by atoms with Crippen molar-refractivity contribution in [3.63, 3.8) is 0 Å². The molecule has 0 spiro atoms. The number of hydrogen-bond donors (Lipinski definition) is 2. The Kier molecular flexibility index (Phi) is 6.36. The van der Waals surface area contributed by atoms with E-state index in [2.05, 4.69) is 5.32 Å². The minimum atomic E-state index is -1.10. The molecule has 30 heavy (non-hydrogen) atoms. The van der Waals surface area contributed by atoms with Crippen molar-refractivity contribution in [3.05, 3.63) is 34.9 Å². The first-order valence-electron chi connectivity index (χ1n) is 9.86. The Labute approximate surface area is 179 Å². The number of cyclic esters (lactones) is 1. The lowest BCUT2D eigenvalue weighted by Crippen LogP contribution is -2.68. The third-order valence-electron chi connectivity index (χ3n) is 5.72. The molecule has 8 nitrogen and oxygen atoms in total. The van der Waals surface area contributed by atoms with Crippen LogP contribution in [0.4, 0.5) is 0 Å². The van der Waals surface area contributed by atoms with E-state index < -0.39 is 11.0 Å². The van der Waals surface area contributed by atoms with Gasteiger partial charge in [0.25, 0.3) is 12.4 Å². The largest absolute Gasteiger partial charge is 0.483 e. The average molecular weight is 437 g/mol. The van der Waals surface area contributed by atoms with E-state index in [1.165, 1.54) is 0 Å². The van der Waals surface area contributed by atoms with Crippen LogP contribution in [0.1, 0.15) is 38.2 Å². The lowest BCUT2D eigenvalue weighted by atomic mass is 9.73. The minimum Gasteiger partial charge on any atom is -0.483 e. The third kappa shape index (κ3) is 4.75. The van der Waals surface area contributed by atoms with E-state index >= 15 is 0 Å². The number of halogens is 1. The van der Waals surface area contributed by atoms with Crippen LogP contribution in [0.25, 0.3) is 0 Å². The van der Waals surface area contributed by atoms with E-state index in [4.69, 9.17) is 26.2 Å². The lowest BCUT2D eigenvalue weighted by Gasteiger charge is -2.50. The number of carbonyl (C=O) groups is 4. The monoisotopic (exact) mass is 436 g/mol. The number of nitrogens with zero attached hydrogens (tertiary/aromatic N) is 1. The molecule has 162 valence electrons. The number of hydrogen-bond acceptors (Lipinski definition) is 5. The van der Waals surface area contributed by atoms with Crippen LogP contribution in [-0.2, 0) is 30.3 Å². The summed E-state index contributed by atoms with van der Waals surface area (Å²) in [6.07, 6.45) is 3.22. The summed E-state index contributed by atoms with van der Waals surface area (Å²) in [7, 11) is 0. The zero-order chi connectivity index (χ0) is 21.9. The summed E-state index contributed by atoms with van der Waals surface area (Å²) < 4.78 is 5.26. The second-order valence-corrected chi connectivity index (χ2v) is 8.74. The molecule has 1 aromatic rings. The maximum Gasteiger partial charge on any atom is 0.307 e. The van der Waals surface area contributed by atoms with Crippen LogP contribution in [0.5, 0.6) is 0 Å². The number of carboxylic acid groups (broad SMARTS) is 1. The highest BCUT2D eigenvalue weighted by Crippen LogP contribution is 2.39. The van der Waals surface area contributed by atoms with Crippen molar-refractivity contribution >= 4 is 35.9 Å². The second kappa shape index (κ2) is 8.63. The zero-order valence-corrected chi connectivity index (χ0v) is 17.5. The fraction of sp³-hybridized carbons (Fsp3) is 0.524. The van der Waals surface area contributed by atoms with Crippen LogP contribution in [0.15, 0.2) is 24.3 Å². The number of carbonyl (C=O) groups excluding carboxylic acids is 3. The van der Waals surface area contributed by atoms with Crippen molar-refractivity contribution < 1.29 is 29.0 Å². The molecular weight excluding hydrogens is 412 g/mol. The van der Waals surface area contributed by atoms with Gasteiger partial charge in [-0.05, 0) is 43.9 Å². The van der Waals surface area contributed by atoms with Gasteiger partial charge >= 0.3 is 5.97 Å². The van der Waals surface area contributed by atoms with Crippen molar-refractivity contribution in [2.24, 2.45) is 5.41 Å². The Bertz CT molecular complexity index is 832. The first kappa shape index (κ1) is 22.1. The number of esters is 1.